The number of rotatable bonds is 5. The maximum absolute atomic E-state index is 10.6. The van der Waals surface area contributed by atoms with Crippen LogP contribution in [0.2, 0.25) is 0 Å². The predicted molar refractivity (Wildman–Crippen MR) is 68.3 cm³/mol. The normalized spacial score (nSPS) is 11.6. The summed E-state index contributed by atoms with van der Waals surface area (Å²) in [5.41, 5.74) is 0.210. The Labute approximate surface area is 138 Å². The Balaban J connectivity index is 0.00000180. The number of nitrogens with zero attached hydrogens (tertiary/aromatic N) is 2. The third-order valence-corrected chi connectivity index (χ3v) is 3.55. The van der Waals surface area contributed by atoms with Crippen molar-refractivity contribution in [3.63, 3.8) is 0 Å². The summed E-state index contributed by atoms with van der Waals surface area (Å²) in [5, 5.41) is 11.0. The van der Waals surface area contributed by atoms with Gasteiger partial charge in [0, 0.05) is 29.1 Å². The standard InChI is InChI=1S/C13H14N2O2S.Na/c1-10(8-15-7-6-14-9-15)18-12-4-2-11(3-5-12)13(16)17;/h2-7,9-10H,8H2,1H3,(H,16,17);/q;+1/p-1. The topological polar surface area (TPSA) is 58.0 Å². The molecule has 0 aliphatic carbocycles. The molecular weight excluding hydrogens is 271 g/mol. The summed E-state index contributed by atoms with van der Waals surface area (Å²) < 4.78 is 2.02. The van der Waals surface area contributed by atoms with Crippen LogP contribution < -0.4 is 34.7 Å². The zero-order valence-electron chi connectivity index (χ0n) is 10.9. The Morgan fingerprint density at radius 3 is 2.63 bits per heavy atom. The fraction of sp³-hybridized carbons (Fsp3) is 0.231. The number of carboxylic acids is 1. The van der Waals surface area contributed by atoms with Crippen molar-refractivity contribution in [2.75, 3.05) is 0 Å². The first-order valence-electron chi connectivity index (χ1n) is 5.59. The number of hydrogen-bond acceptors (Lipinski definition) is 4. The van der Waals surface area contributed by atoms with Crippen molar-refractivity contribution in [3.05, 3.63) is 48.5 Å². The first kappa shape index (κ1) is 16.3. The van der Waals surface area contributed by atoms with E-state index in [4.69, 9.17) is 0 Å². The molecule has 1 aromatic carbocycles. The molecule has 0 saturated heterocycles. The quantitative estimate of drug-likeness (QED) is 0.492. The van der Waals surface area contributed by atoms with E-state index in [1.165, 1.54) is 0 Å². The van der Waals surface area contributed by atoms with Crippen molar-refractivity contribution in [2.45, 2.75) is 23.6 Å². The van der Waals surface area contributed by atoms with Crippen molar-refractivity contribution >= 4 is 17.7 Å². The first-order chi connectivity index (χ1) is 8.65. The second-order valence-corrected chi connectivity index (χ2v) is 5.51. The number of aromatic carboxylic acids is 1. The van der Waals surface area contributed by atoms with Gasteiger partial charge in [-0.2, -0.15) is 0 Å². The second kappa shape index (κ2) is 7.75. The number of hydrogen-bond donors (Lipinski definition) is 0. The first-order valence-corrected chi connectivity index (χ1v) is 6.47. The summed E-state index contributed by atoms with van der Waals surface area (Å²) in [4.78, 5) is 15.7. The maximum atomic E-state index is 10.6. The van der Waals surface area contributed by atoms with Crippen LogP contribution in [0.5, 0.6) is 0 Å². The SMILES string of the molecule is CC(Cn1ccnc1)Sc1ccc(C(=O)[O-])cc1.[Na+]. The minimum Gasteiger partial charge on any atom is -0.545 e. The average Bonchev–Trinajstić information content (AvgIpc) is 2.82. The Kier molecular flexibility index (Phi) is 6.65. The molecular formula is C13H13N2NaO2S. The molecule has 2 rings (SSSR count). The van der Waals surface area contributed by atoms with Gasteiger partial charge in [-0.3, -0.25) is 0 Å². The van der Waals surface area contributed by atoms with Gasteiger partial charge in [0.2, 0.25) is 0 Å². The van der Waals surface area contributed by atoms with Gasteiger partial charge in [-0.25, -0.2) is 4.98 Å². The summed E-state index contributed by atoms with van der Waals surface area (Å²) >= 11 is 1.70. The zero-order chi connectivity index (χ0) is 13.0. The fourth-order valence-corrected chi connectivity index (χ4v) is 2.64. The maximum Gasteiger partial charge on any atom is 1.00 e. The monoisotopic (exact) mass is 284 g/mol. The van der Waals surface area contributed by atoms with Crippen molar-refractivity contribution in [1.82, 2.24) is 9.55 Å². The van der Waals surface area contributed by atoms with Crippen LogP contribution in [0, 0.1) is 0 Å². The molecule has 1 aromatic heterocycles. The van der Waals surface area contributed by atoms with Gasteiger partial charge < -0.3 is 14.5 Å². The zero-order valence-corrected chi connectivity index (χ0v) is 13.8. The van der Waals surface area contributed by atoms with Crippen LogP contribution in [-0.4, -0.2) is 20.8 Å². The van der Waals surface area contributed by atoms with E-state index < -0.39 is 5.97 Å². The van der Waals surface area contributed by atoms with E-state index in [0.29, 0.717) is 5.25 Å². The number of aromatic nitrogens is 2. The molecule has 2 aromatic rings. The second-order valence-electron chi connectivity index (χ2n) is 4.00. The Morgan fingerprint density at radius 2 is 2.11 bits per heavy atom. The summed E-state index contributed by atoms with van der Waals surface area (Å²) in [6.07, 6.45) is 5.47. The molecule has 0 aliphatic heterocycles. The van der Waals surface area contributed by atoms with E-state index in [1.54, 1.807) is 48.6 Å². The summed E-state index contributed by atoms with van der Waals surface area (Å²) in [6, 6.07) is 6.75. The van der Waals surface area contributed by atoms with Crippen LogP contribution in [0.3, 0.4) is 0 Å². The Bertz CT molecular complexity index is 514. The molecule has 0 N–H and O–H groups in total. The molecule has 1 atom stereocenters. The smallest absolute Gasteiger partial charge is 0.545 e. The van der Waals surface area contributed by atoms with Gasteiger partial charge in [0.25, 0.3) is 0 Å². The number of carbonyl (C=O) groups is 1. The van der Waals surface area contributed by atoms with Gasteiger partial charge in [0.1, 0.15) is 0 Å². The van der Waals surface area contributed by atoms with E-state index in [-0.39, 0.29) is 35.1 Å². The van der Waals surface area contributed by atoms with Crippen molar-refractivity contribution in [3.8, 4) is 0 Å². The van der Waals surface area contributed by atoms with Gasteiger partial charge in [-0.15, -0.1) is 11.8 Å². The Morgan fingerprint density at radius 1 is 1.42 bits per heavy atom. The van der Waals surface area contributed by atoms with Crippen LogP contribution in [-0.2, 0) is 6.54 Å². The molecule has 1 unspecified atom stereocenters. The number of benzene rings is 1. The predicted octanol–water partition coefficient (Wildman–Crippen LogP) is -1.57. The van der Waals surface area contributed by atoms with Gasteiger partial charge in [-0.1, -0.05) is 19.1 Å². The molecule has 0 saturated carbocycles. The number of thioether (sulfide) groups is 1. The van der Waals surface area contributed by atoms with Gasteiger partial charge >= 0.3 is 29.6 Å². The van der Waals surface area contributed by atoms with E-state index in [9.17, 15) is 9.90 Å². The number of imidazole rings is 1. The van der Waals surface area contributed by atoms with Crippen LogP contribution >= 0.6 is 11.8 Å². The van der Waals surface area contributed by atoms with E-state index >= 15 is 0 Å². The minimum absolute atomic E-state index is 0. The molecule has 94 valence electrons. The molecule has 6 heteroatoms. The molecule has 0 fully saturated rings. The minimum atomic E-state index is -1.14. The molecule has 1 heterocycles. The van der Waals surface area contributed by atoms with Crippen LogP contribution in [0.1, 0.15) is 17.3 Å². The molecule has 0 bridgehead atoms. The third-order valence-electron chi connectivity index (χ3n) is 2.45. The third kappa shape index (κ3) is 5.03. The van der Waals surface area contributed by atoms with E-state index in [1.807, 2.05) is 10.8 Å². The average molecular weight is 284 g/mol. The van der Waals surface area contributed by atoms with Crippen LogP contribution in [0.4, 0.5) is 0 Å². The van der Waals surface area contributed by atoms with Gasteiger partial charge in [-0.05, 0) is 17.7 Å². The number of carboxylic acid groups (broad SMARTS) is 1. The molecule has 0 aliphatic rings. The van der Waals surface area contributed by atoms with Crippen molar-refractivity contribution in [1.29, 1.82) is 0 Å². The largest absolute Gasteiger partial charge is 1.00 e. The molecule has 0 amide bonds. The van der Waals surface area contributed by atoms with Crippen molar-refractivity contribution < 1.29 is 39.5 Å². The molecule has 0 spiro atoms. The van der Waals surface area contributed by atoms with Gasteiger partial charge in [0.15, 0.2) is 0 Å². The Hall–Kier alpha value is -0.750. The van der Waals surface area contributed by atoms with Gasteiger partial charge in [0.05, 0.1) is 12.3 Å². The van der Waals surface area contributed by atoms with Crippen molar-refractivity contribution in [2.24, 2.45) is 0 Å². The number of carbonyl (C=O) groups excluding carboxylic acids is 1. The molecule has 19 heavy (non-hydrogen) atoms. The summed E-state index contributed by atoms with van der Waals surface area (Å²) in [6.45, 7) is 2.99. The van der Waals surface area contributed by atoms with E-state index in [0.717, 1.165) is 11.4 Å². The fourth-order valence-electron chi connectivity index (χ4n) is 1.63. The molecule has 0 radical (unpaired) electrons. The van der Waals surface area contributed by atoms with Crippen LogP contribution in [0.15, 0.2) is 47.9 Å². The molecule has 4 nitrogen and oxygen atoms in total. The van der Waals surface area contributed by atoms with Crippen LogP contribution in [0.25, 0.3) is 0 Å². The summed E-state index contributed by atoms with van der Waals surface area (Å²) in [7, 11) is 0. The van der Waals surface area contributed by atoms with E-state index in [2.05, 4.69) is 11.9 Å². The summed E-state index contributed by atoms with van der Waals surface area (Å²) in [5.74, 6) is -1.14.